The average Bonchev–Trinajstić information content (AvgIpc) is 2.41. The zero-order valence-electron chi connectivity index (χ0n) is 11.0. The number of halogens is 2. The number of carbonyl (C=O) groups is 2. The molecule has 1 aromatic carbocycles. The summed E-state index contributed by atoms with van der Waals surface area (Å²) in [7, 11) is 0. The van der Waals surface area contributed by atoms with Crippen molar-refractivity contribution in [1.29, 1.82) is 0 Å². The predicted molar refractivity (Wildman–Crippen MR) is 77.3 cm³/mol. The lowest BCUT2D eigenvalue weighted by Gasteiger charge is -2.37. The Labute approximate surface area is 127 Å². The molecule has 0 unspecified atom stereocenters. The minimum Gasteiger partial charge on any atom is -0.481 e. The molecule has 1 fully saturated rings. The van der Waals surface area contributed by atoms with Gasteiger partial charge in [-0.25, -0.2) is 0 Å². The molecule has 0 aromatic heterocycles. The van der Waals surface area contributed by atoms with E-state index in [0.717, 1.165) is 0 Å². The molecule has 1 saturated heterocycles. The molecule has 1 amide bonds. The van der Waals surface area contributed by atoms with Gasteiger partial charge in [0.1, 0.15) is 0 Å². The Morgan fingerprint density at radius 1 is 1.30 bits per heavy atom. The molecule has 2 atom stereocenters. The first-order chi connectivity index (χ1) is 9.41. The van der Waals surface area contributed by atoms with Crippen LogP contribution in [0.2, 0.25) is 10.0 Å². The van der Waals surface area contributed by atoms with E-state index in [1.165, 1.54) is 6.07 Å². The Kier molecular flexibility index (Phi) is 4.55. The van der Waals surface area contributed by atoms with Crippen LogP contribution < -0.4 is 0 Å². The van der Waals surface area contributed by atoms with Crippen molar-refractivity contribution in [2.24, 2.45) is 5.92 Å². The van der Waals surface area contributed by atoms with Crippen molar-refractivity contribution < 1.29 is 14.7 Å². The Morgan fingerprint density at radius 3 is 2.60 bits per heavy atom. The van der Waals surface area contributed by atoms with Crippen LogP contribution >= 0.6 is 23.2 Å². The third kappa shape index (κ3) is 2.91. The third-order valence-electron chi connectivity index (χ3n) is 3.73. The maximum absolute atomic E-state index is 12.5. The van der Waals surface area contributed by atoms with E-state index in [4.69, 9.17) is 23.2 Å². The van der Waals surface area contributed by atoms with Crippen LogP contribution in [0.15, 0.2) is 18.2 Å². The number of aliphatic carboxylic acids is 1. The molecular weight excluding hydrogens is 301 g/mol. The highest BCUT2D eigenvalue weighted by atomic mass is 35.5. The van der Waals surface area contributed by atoms with Gasteiger partial charge in [0.2, 0.25) is 0 Å². The van der Waals surface area contributed by atoms with Crippen molar-refractivity contribution in [1.82, 2.24) is 4.90 Å². The zero-order chi connectivity index (χ0) is 14.9. The van der Waals surface area contributed by atoms with Crippen LogP contribution in [-0.2, 0) is 4.79 Å². The molecule has 4 nitrogen and oxygen atoms in total. The predicted octanol–water partition coefficient (Wildman–Crippen LogP) is 3.32. The molecule has 0 spiro atoms. The minimum absolute atomic E-state index is 0.206. The first-order valence-electron chi connectivity index (χ1n) is 6.40. The summed E-state index contributed by atoms with van der Waals surface area (Å²) >= 11 is 11.7. The van der Waals surface area contributed by atoms with Crippen molar-refractivity contribution in [2.75, 3.05) is 6.54 Å². The number of benzene rings is 1. The van der Waals surface area contributed by atoms with Crippen molar-refractivity contribution in [2.45, 2.75) is 25.8 Å². The molecule has 0 saturated carbocycles. The number of piperidine rings is 1. The minimum atomic E-state index is -0.857. The molecule has 20 heavy (non-hydrogen) atoms. The molecule has 1 aliphatic rings. The van der Waals surface area contributed by atoms with Crippen LogP contribution in [0.25, 0.3) is 0 Å². The fourth-order valence-corrected chi connectivity index (χ4v) is 2.85. The highest BCUT2D eigenvalue weighted by Crippen LogP contribution is 2.27. The van der Waals surface area contributed by atoms with E-state index >= 15 is 0 Å². The fraction of sp³-hybridized carbons (Fsp3) is 0.429. The maximum Gasteiger partial charge on any atom is 0.308 e. The molecule has 108 valence electrons. The largest absolute Gasteiger partial charge is 0.481 e. The second-order valence-electron chi connectivity index (χ2n) is 4.95. The lowest BCUT2D eigenvalue weighted by Crippen LogP contribution is -2.49. The number of hydrogen-bond donors (Lipinski definition) is 1. The quantitative estimate of drug-likeness (QED) is 0.910. The summed E-state index contributed by atoms with van der Waals surface area (Å²) in [6, 6.07) is 4.36. The average molecular weight is 316 g/mol. The number of rotatable bonds is 2. The fourth-order valence-electron chi connectivity index (χ4n) is 2.55. The molecule has 1 heterocycles. The summed E-state index contributed by atoms with van der Waals surface area (Å²) < 4.78 is 0. The van der Waals surface area contributed by atoms with Gasteiger partial charge in [-0.3, -0.25) is 9.59 Å². The van der Waals surface area contributed by atoms with E-state index in [1.807, 2.05) is 0 Å². The van der Waals surface area contributed by atoms with Crippen LogP contribution in [0.4, 0.5) is 0 Å². The molecule has 2 rings (SSSR count). The molecule has 1 aromatic rings. The van der Waals surface area contributed by atoms with Gasteiger partial charge in [-0.05, 0) is 38.0 Å². The van der Waals surface area contributed by atoms with Crippen LogP contribution in [0.1, 0.15) is 30.1 Å². The summed E-state index contributed by atoms with van der Waals surface area (Å²) in [5.41, 5.74) is 0.428. The second-order valence-corrected chi connectivity index (χ2v) is 5.77. The molecule has 0 bridgehead atoms. The van der Waals surface area contributed by atoms with Crippen LogP contribution in [-0.4, -0.2) is 34.5 Å². The highest BCUT2D eigenvalue weighted by Gasteiger charge is 2.35. The van der Waals surface area contributed by atoms with E-state index in [2.05, 4.69) is 0 Å². The van der Waals surface area contributed by atoms with Crippen molar-refractivity contribution in [3.8, 4) is 0 Å². The second kappa shape index (κ2) is 6.02. The Hall–Kier alpha value is -1.26. The summed E-state index contributed by atoms with van der Waals surface area (Å²) in [6.07, 6.45) is 1.29. The van der Waals surface area contributed by atoms with Crippen LogP contribution in [0, 0.1) is 5.92 Å². The summed E-state index contributed by atoms with van der Waals surface area (Å²) in [4.78, 5) is 25.3. The van der Waals surface area contributed by atoms with E-state index in [9.17, 15) is 14.7 Å². The standard InChI is InChI=1S/C14H15Cl2NO3/c1-8-10(14(19)20)3-2-6-17(8)13(18)9-4-5-11(15)12(16)7-9/h4-5,7-8,10H,2-3,6H2,1H3,(H,19,20)/t8-,10-/m1/s1. The topological polar surface area (TPSA) is 57.6 Å². The first kappa shape index (κ1) is 15.1. The SMILES string of the molecule is C[C@@H]1[C@H](C(=O)O)CCCN1C(=O)c1ccc(Cl)c(Cl)c1. The number of carboxylic acids is 1. The summed E-state index contributed by atoms with van der Waals surface area (Å²) in [5.74, 6) is -1.58. The number of nitrogens with zero attached hydrogens (tertiary/aromatic N) is 1. The first-order valence-corrected chi connectivity index (χ1v) is 7.16. The van der Waals surface area contributed by atoms with Gasteiger partial charge in [0.15, 0.2) is 0 Å². The Morgan fingerprint density at radius 2 is 2.00 bits per heavy atom. The van der Waals surface area contributed by atoms with E-state index < -0.39 is 11.9 Å². The van der Waals surface area contributed by atoms with E-state index in [0.29, 0.717) is 35.0 Å². The summed E-state index contributed by atoms with van der Waals surface area (Å²) in [6.45, 7) is 2.33. The highest BCUT2D eigenvalue weighted by molar-refractivity contribution is 6.42. The van der Waals surface area contributed by atoms with E-state index in [1.54, 1.807) is 24.0 Å². The lowest BCUT2D eigenvalue weighted by atomic mass is 9.90. The van der Waals surface area contributed by atoms with Crippen molar-refractivity contribution in [3.63, 3.8) is 0 Å². The number of carboxylic acid groups (broad SMARTS) is 1. The maximum atomic E-state index is 12.5. The molecule has 1 N–H and O–H groups in total. The van der Waals surface area contributed by atoms with Gasteiger partial charge in [-0.15, -0.1) is 0 Å². The summed E-state index contributed by atoms with van der Waals surface area (Å²) in [5, 5.41) is 9.89. The van der Waals surface area contributed by atoms with Gasteiger partial charge in [0.05, 0.1) is 16.0 Å². The van der Waals surface area contributed by atoms with E-state index in [-0.39, 0.29) is 11.9 Å². The third-order valence-corrected chi connectivity index (χ3v) is 4.47. The Bertz CT molecular complexity index is 547. The number of carbonyl (C=O) groups excluding carboxylic acids is 1. The van der Waals surface area contributed by atoms with Gasteiger partial charge in [0, 0.05) is 18.2 Å². The van der Waals surface area contributed by atoms with Gasteiger partial charge in [-0.2, -0.15) is 0 Å². The van der Waals surface area contributed by atoms with Crippen molar-refractivity contribution >= 4 is 35.1 Å². The van der Waals surface area contributed by atoms with Gasteiger partial charge in [-0.1, -0.05) is 23.2 Å². The van der Waals surface area contributed by atoms with Gasteiger partial charge in [0.25, 0.3) is 5.91 Å². The normalized spacial score (nSPS) is 22.6. The number of likely N-dealkylation sites (tertiary alicyclic amines) is 1. The molecular formula is C14H15Cl2NO3. The van der Waals surface area contributed by atoms with Gasteiger partial charge >= 0.3 is 5.97 Å². The zero-order valence-corrected chi connectivity index (χ0v) is 12.5. The number of hydrogen-bond acceptors (Lipinski definition) is 2. The van der Waals surface area contributed by atoms with Crippen molar-refractivity contribution in [3.05, 3.63) is 33.8 Å². The molecule has 1 aliphatic heterocycles. The smallest absolute Gasteiger partial charge is 0.308 e. The van der Waals surface area contributed by atoms with Crippen LogP contribution in [0.5, 0.6) is 0 Å². The monoisotopic (exact) mass is 315 g/mol. The molecule has 6 heteroatoms. The lowest BCUT2D eigenvalue weighted by molar-refractivity contribution is -0.144. The van der Waals surface area contributed by atoms with Crippen LogP contribution in [0.3, 0.4) is 0 Å². The number of amides is 1. The molecule has 0 aliphatic carbocycles. The molecule has 0 radical (unpaired) electrons. The Balaban J connectivity index is 2.23. The van der Waals surface area contributed by atoms with Gasteiger partial charge < -0.3 is 10.0 Å².